The maximum absolute atomic E-state index is 13.6. The molecule has 0 bridgehead atoms. The van der Waals surface area contributed by atoms with Crippen molar-refractivity contribution in [3.05, 3.63) is 73.1 Å². The Morgan fingerprint density at radius 1 is 1.03 bits per heavy atom. The van der Waals surface area contributed by atoms with Crippen LogP contribution in [0.4, 0.5) is 5.82 Å². The monoisotopic (exact) mass is 428 g/mol. The first-order chi connectivity index (χ1) is 15.7. The Morgan fingerprint density at radius 2 is 1.84 bits per heavy atom. The van der Waals surface area contributed by atoms with Crippen LogP contribution in [0.15, 0.2) is 67.5 Å². The van der Waals surface area contributed by atoms with Crippen LogP contribution in [0.2, 0.25) is 0 Å². The van der Waals surface area contributed by atoms with Gasteiger partial charge in [-0.05, 0) is 23.8 Å². The first-order valence-corrected chi connectivity index (χ1v) is 10.7. The first kappa shape index (κ1) is 20.0. The molecule has 3 heterocycles. The fourth-order valence-corrected chi connectivity index (χ4v) is 4.09. The molecule has 1 aliphatic heterocycles. The second-order valence-electron chi connectivity index (χ2n) is 7.58. The van der Waals surface area contributed by atoms with Gasteiger partial charge in [-0.1, -0.05) is 30.3 Å². The van der Waals surface area contributed by atoms with Crippen LogP contribution in [0.25, 0.3) is 16.6 Å². The van der Waals surface area contributed by atoms with Crippen molar-refractivity contribution in [1.29, 1.82) is 0 Å². The zero-order valence-corrected chi connectivity index (χ0v) is 17.9. The molecule has 8 nitrogen and oxygen atoms in total. The number of carbonyl (C=O) groups is 1. The summed E-state index contributed by atoms with van der Waals surface area (Å²) >= 11 is 0. The second-order valence-corrected chi connectivity index (χ2v) is 7.58. The van der Waals surface area contributed by atoms with E-state index in [1.54, 1.807) is 18.9 Å². The van der Waals surface area contributed by atoms with Gasteiger partial charge in [0.2, 0.25) is 0 Å². The summed E-state index contributed by atoms with van der Waals surface area (Å²) in [5.74, 6) is 2.25. The molecule has 32 heavy (non-hydrogen) atoms. The van der Waals surface area contributed by atoms with E-state index in [2.05, 4.69) is 19.9 Å². The number of aromatic nitrogens is 4. The van der Waals surface area contributed by atoms with Crippen LogP contribution < -0.4 is 9.64 Å². The van der Waals surface area contributed by atoms with Gasteiger partial charge in [-0.3, -0.25) is 9.36 Å². The summed E-state index contributed by atoms with van der Waals surface area (Å²) in [6.45, 7) is 5.05. The third kappa shape index (κ3) is 3.75. The molecule has 1 fully saturated rings. The van der Waals surface area contributed by atoms with E-state index in [1.165, 1.54) is 0 Å². The summed E-state index contributed by atoms with van der Waals surface area (Å²) < 4.78 is 7.66. The average molecular weight is 428 g/mol. The number of piperazine rings is 1. The number of hydrogen-bond donors (Lipinski definition) is 0. The predicted octanol–water partition coefficient (Wildman–Crippen LogP) is 3.18. The van der Waals surface area contributed by atoms with Gasteiger partial charge in [0.1, 0.15) is 30.0 Å². The summed E-state index contributed by atoms with van der Waals surface area (Å²) in [7, 11) is 0. The molecule has 4 aromatic rings. The number of fused-ring (bicyclic) bond motifs is 1. The van der Waals surface area contributed by atoms with Crippen LogP contribution in [-0.2, 0) is 0 Å². The van der Waals surface area contributed by atoms with Crippen molar-refractivity contribution in [1.82, 2.24) is 24.4 Å². The van der Waals surface area contributed by atoms with Crippen LogP contribution in [-0.4, -0.2) is 63.1 Å². The Kier molecular flexibility index (Phi) is 5.41. The van der Waals surface area contributed by atoms with Gasteiger partial charge < -0.3 is 14.5 Å². The second kappa shape index (κ2) is 8.66. The zero-order valence-electron chi connectivity index (χ0n) is 17.9. The minimum Gasteiger partial charge on any atom is -0.493 e. The maximum Gasteiger partial charge on any atom is 0.258 e. The molecule has 0 radical (unpaired) electrons. The quantitative estimate of drug-likeness (QED) is 0.486. The molecule has 2 aromatic heterocycles. The Balaban J connectivity index is 1.36. The van der Waals surface area contributed by atoms with E-state index in [9.17, 15) is 4.79 Å². The molecule has 0 unspecified atom stereocenters. The highest BCUT2D eigenvalue weighted by Gasteiger charge is 2.26. The third-order valence-corrected chi connectivity index (χ3v) is 5.70. The van der Waals surface area contributed by atoms with Gasteiger partial charge in [-0.25, -0.2) is 15.0 Å². The summed E-state index contributed by atoms with van der Waals surface area (Å²) in [5.41, 5.74) is 0.642. The Morgan fingerprint density at radius 3 is 2.62 bits per heavy atom. The summed E-state index contributed by atoms with van der Waals surface area (Å²) in [5, 5.41) is 1.96. The molecule has 8 heteroatoms. The molecule has 1 amide bonds. The third-order valence-electron chi connectivity index (χ3n) is 5.70. The van der Waals surface area contributed by atoms with E-state index in [0.29, 0.717) is 44.1 Å². The summed E-state index contributed by atoms with van der Waals surface area (Å²) in [4.78, 5) is 30.5. The normalized spacial score (nSPS) is 14.0. The Labute approximate surface area is 186 Å². The zero-order chi connectivity index (χ0) is 21.9. The Bertz CT molecular complexity index is 1230. The van der Waals surface area contributed by atoms with Gasteiger partial charge in [-0.2, -0.15) is 0 Å². The van der Waals surface area contributed by atoms with Gasteiger partial charge in [0.25, 0.3) is 5.91 Å². The lowest BCUT2D eigenvalue weighted by Gasteiger charge is -2.35. The van der Waals surface area contributed by atoms with E-state index in [-0.39, 0.29) is 5.91 Å². The molecule has 0 aliphatic carbocycles. The van der Waals surface area contributed by atoms with E-state index < -0.39 is 0 Å². The van der Waals surface area contributed by atoms with Crippen LogP contribution in [0.1, 0.15) is 17.3 Å². The van der Waals surface area contributed by atoms with Crippen LogP contribution in [0.3, 0.4) is 0 Å². The number of imidazole rings is 1. The molecule has 0 N–H and O–H groups in total. The molecule has 0 saturated carbocycles. The number of nitrogens with zero attached hydrogens (tertiary/aromatic N) is 6. The van der Waals surface area contributed by atoms with Crippen molar-refractivity contribution in [3.63, 3.8) is 0 Å². The summed E-state index contributed by atoms with van der Waals surface area (Å²) in [6.07, 6.45) is 6.84. The van der Waals surface area contributed by atoms with Crippen molar-refractivity contribution in [2.24, 2.45) is 0 Å². The van der Waals surface area contributed by atoms with Crippen molar-refractivity contribution < 1.29 is 9.53 Å². The highest BCUT2D eigenvalue weighted by atomic mass is 16.5. The number of amides is 1. The fourth-order valence-electron chi connectivity index (χ4n) is 4.09. The minimum atomic E-state index is 0.00620. The molecule has 1 saturated heterocycles. The minimum absolute atomic E-state index is 0.00620. The fraction of sp³-hybridized carbons (Fsp3) is 0.250. The van der Waals surface area contributed by atoms with Crippen LogP contribution in [0, 0.1) is 0 Å². The van der Waals surface area contributed by atoms with Gasteiger partial charge in [0.05, 0.1) is 12.2 Å². The van der Waals surface area contributed by atoms with Crippen molar-refractivity contribution >= 4 is 22.5 Å². The molecule has 0 spiro atoms. The van der Waals surface area contributed by atoms with E-state index in [0.717, 1.165) is 22.4 Å². The standard InChI is InChI=1S/C24H24N6O2/c1-2-32-20-8-7-18-5-3-4-6-19(18)23(20)24(31)29-13-11-28(12-14-29)21-15-22(27-16-26-21)30-10-9-25-17-30/h3-10,15-17H,2,11-14H2,1H3. The molecule has 2 aromatic carbocycles. The van der Waals surface area contributed by atoms with Gasteiger partial charge in [0, 0.05) is 44.6 Å². The topological polar surface area (TPSA) is 76.4 Å². The summed E-state index contributed by atoms with van der Waals surface area (Å²) in [6, 6.07) is 13.8. The number of carbonyl (C=O) groups excluding carboxylic acids is 1. The van der Waals surface area contributed by atoms with Crippen LogP contribution >= 0.6 is 0 Å². The average Bonchev–Trinajstić information content (AvgIpc) is 3.39. The number of benzene rings is 2. The van der Waals surface area contributed by atoms with Gasteiger partial charge >= 0.3 is 0 Å². The van der Waals surface area contributed by atoms with E-state index in [4.69, 9.17) is 4.74 Å². The molecular formula is C24H24N6O2. The molecule has 0 atom stereocenters. The number of rotatable bonds is 5. The number of hydrogen-bond acceptors (Lipinski definition) is 6. The predicted molar refractivity (Wildman–Crippen MR) is 122 cm³/mol. The van der Waals surface area contributed by atoms with Crippen molar-refractivity contribution in [3.8, 4) is 11.6 Å². The maximum atomic E-state index is 13.6. The van der Waals surface area contributed by atoms with E-state index >= 15 is 0 Å². The van der Waals surface area contributed by atoms with Crippen molar-refractivity contribution in [2.45, 2.75) is 6.92 Å². The largest absolute Gasteiger partial charge is 0.493 e. The smallest absolute Gasteiger partial charge is 0.258 e. The Hall–Kier alpha value is -3.94. The number of anilines is 1. The lowest BCUT2D eigenvalue weighted by molar-refractivity contribution is 0.0744. The highest BCUT2D eigenvalue weighted by Crippen LogP contribution is 2.30. The van der Waals surface area contributed by atoms with Crippen LogP contribution in [0.5, 0.6) is 5.75 Å². The molecule has 1 aliphatic rings. The first-order valence-electron chi connectivity index (χ1n) is 10.7. The van der Waals surface area contributed by atoms with Crippen molar-refractivity contribution in [2.75, 3.05) is 37.7 Å². The van der Waals surface area contributed by atoms with E-state index in [1.807, 2.05) is 65.1 Å². The lowest BCUT2D eigenvalue weighted by Crippen LogP contribution is -2.49. The van der Waals surface area contributed by atoms with Gasteiger partial charge in [-0.15, -0.1) is 0 Å². The SMILES string of the molecule is CCOc1ccc2ccccc2c1C(=O)N1CCN(c2cc(-n3ccnc3)ncn2)CC1. The highest BCUT2D eigenvalue weighted by molar-refractivity contribution is 6.09. The van der Waals surface area contributed by atoms with Gasteiger partial charge in [0.15, 0.2) is 0 Å². The molecule has 162 valence electrons. The molecule has 5 rings (SSSR count). The molecular weight excluding hydrogens is 404 g/mol. The lowest BCUT2D eigenvalue weighted by atomic mass is 10.0. The number of ether oxygens (including phenoxy) is 1.